The van der Waals surface area contributed by atoms with Crippen LogP contribution in [0.25, 0.3) is 0 Å². The summed E-state index contributed by atoms with van der Waals surface area (Å²) in [6.07, 6.45) is 16.3. The SMILES string of the molecule is C/C1=C/C=C\C(C)CCC1.CC1=[C]([Ir])CC=C1. The monoisotopic (exact) mass is 408 g/mol. The molecule has 96 valence electrons. The van der Waals surface area contributed by atoms with Gasteiger partial charge in [0.15, 0.2) is 0 Å². The van der Waals surface area contributed by atoms with Crippen molar-refractivity contribution in [2.75, 3.05) is 0 Å². The summed E-state index contributed by atoms with van der Waals surface area (Å²) in [6.45, 7) is 6.64. The molecule has 2 aliphatic rings. The first kappa shape index (κ1) is 14.7. The Morgan fingerprint density at radius 3 is 2.59 bits per heavy atom. The summed E-state index contributed by atoms with van der Waals surface area (Å²) in [6, 6.07) is 0. The van der Waals surface area contributed by atoms with E-state index in [1.165, 1.54) is 40.9 Å². The van der Waals surface area contributed by atoms with Crippen LogP contribution in [0, 0.1) is 5.92 Å². The molecule has 0 radical (unpaired) electrons. The first-order valence-electron chi connectivity index (χ1n) is 6.43. The minimum atomic E-state index is 0.782. The Morgan fingerprint density at radius 2 is 2.06 bits per heavy atom. The molecule has 1 unspecified atom stereocenters. The maximum atomic E-state index is 2.29. The van der Waals surface area contributed by atoms with E-state index in [9.17, 15) is 0 Å². The van der Waals surface area contributed by atoms with Crippen LogP contribution in [0.3, 0.4) is 0 Å². The van der Waals surface area contributed by atoms with E-state index in [4.69, 9.17) is 0 Å². The summed E-state index contributed by atoms with van der Waals surface area (Å²) in [4.78, 5) is 0. The molecule has 0 aromatic carbocycles. The van der Waals surface area contributed by atoms with Crippen LogP contribution in [0.15, 0.2) is 45.6 Å². The van der Waals surface area contributed by atoms with E-state index in [1.807, 2.05) is 0 Å². The Hall–Kier alpha value is -0.391. The second-order valence-electron chi connectivity index (χ2n) is 4.93. The first-order chi connectivity index (χ1) is 8.09. The molecule has 1 atom stereocenters. The second-order valence-corrected chi connectivity index (χ2v) is 6.38. The van der Waals surface area contributed by atoms with Gasteiger partial charge in [0.2, 0.25) is 0 Å². The molecule has 0 aromatic rings. The van der Waals surface area contributed by atoms with Crippen LogP contribution >= 0.6 is 0 Å². The number of hydrogen-bond acceptors (Lipinski definition) is 0. The van der Waals surface area contributed by atoms with E-state index < -0.39 is 0 Å². The Balaban J connectivity index is 0.000000181. The quantitative estimate of drug-likeness (QED) is 0.526. The molecule has 0 amide bonds. The van der Waals surface area contributed by atoms with Crippen LogP contribution in [0.1, 0.15) is 46.5 Å². The van der Waals surface area contributed by atoms with E-state index in [1.54, 1.807) is 0 Å². The van der Waals surface area contributed by atoms with E-state index in [-0.39, 0.29) is 0 Å². The molecule has 0 N–H and O–H groups in total. The first-order valence-corrected chi connectivity index (χ1v) is 7.63. The Labute approximate surface area is 117 Å². The van der Waals surface area contributed by atoms with Gasteiger partial charge in [-0.05, 0) is 32.1 Å². The predicted molar refractivity (Wildman–Crippen MR) is 72.4 cm³/mol. The van der Waals surface area contributed by atoms with Crippen LogP contribution < -0.4 is 0 Å². The Kier molecular flexibility index (Phi) is 6.77. The molecule has 1 heteroatoms. The van der Waals surface area contributed by atoms with Crippen molar-refractivity contribution in [3.05, 3.63) is 45.6 Å². The molecule has 17 heavy (non-hydrogen) atoms. The number of hydrogen-bond donors (Lipinski definition) is 0. The van der Waals surface area contributed by atoms with Gasteiger partial charge in [-0.15, -0.1) is 0 Å². The van der Waals surface area contributed by atoms with Gasteiger partial charge in [-0.2, -0.15) is 0 Å². The molecule has 2 aliphatic carbocycles. The molecule has 0 aliphatic heterocycles. The normalized spacial score (nSPS) is 28.8. The van der Waals surface area contributed by atoms with Crippen molar-refractivity contribution in [3.63, 3.8) is 0 Å². The van der Waals surface area contributed by atoms with Gasteiger partial charge in [0.1, 0.15) is 0 Å². The van der Waals surface area contributed by atoms with Gasteiger partial charge in [0, 0.05) is 0 Å². The molecule has 0 nitrogen and oxygen atoms in total. The van der Waals surface area contributed by atoms with E-state index in [0.29, 0.717) is 0 Å². The molecular formula is C16H23Ir. The van der Waals surface area contributed by atoms with Crippen LogP contribution in [0.5, 0.6) is 0 Å². The minimum absolute atomic E-state index is 0.782. The van der Waals surface area contributed by atoms with Crippen molar-refractivity contribution >= 4 is 0 Å². The van der Waals surface area contributed by atoms with Crippen LogP contribution in [0.2, 0.25) is 0 Å². The van der Waals surface area contributed by atoms with Gasteiger partial charge in [0.05, 0.1) is 0 Å². The summed E-state index contributed by atoms with van der Waals surface area (Å²) in [5.74, 6) is 0.782. The van der Waals surface area contributed by atoms with E-state index in [2.05, 4.69) is 70.1 Å². The summed E-state index contributed by atoms with van der Waals surface area (Å²) in [7, 11) is 0. The second kappa shape index (κ2) is 7.84. The van der Waals surface area contributed by atoms with Crippen molar-refractivity contribution in [3.8, 4) is 0 Å². The van der Waals surface area contributed by atoms with Crippen molar-refractivity contribution in [2.24, 2.45) is 5.92 Å². The molecule has 0 spiro atoms. The molecule has 0 saturated carbocycles. The topological polar surface area (TPSA) is 0 Å². The third-order valence-electron chi connectivity index (χ3n) is 3.12. The fourth-order valence-corrected chi connectivity index (χ4v) is 2.36. The van der Waals surface area contributed by atoms with Crippen molar-refractivity contribution in [1.82, 2.24) is 0 Å². The van der Waals surface area contributed by atoms with Crippen molar-refractivity contribution in [2.45, 2.75) is 46.5 Å². The maximum absolute atomic E-state index is 2.29. The van der Waals surface area contributed by atoms with E-state index >= 15 is 0 Å². The standard InChI is InChI=1S/C10H16.C6H7.Ir/c1-9-5-3-7-10(2)8-4-6-9;1-6-4-2-3-5-6;/h3,5,7,9H,4,6,8H2,1-2H3;2,4H,3H2,1H3;/b5-3-,10-7-;;. The fraction of sp³-hybridized carbons (Fsp3) is 0.500. The van der Waals surface area contributed by atoms with Crippen LogP contribution in [-0.4, -0.2) is 0 Å². The Morgan fingerprint density at radius 1 is 1.29 bits per heavy atom. The van der Waals surface area contributed by atoms with Crippen LogP contribution in [0.4, 0.5) is 0 Å². The molecular weight excluding hydrogens is 384 g/mol. The molecule has 0 aromatic heterocycles. The van der Waals surface area contributed by atoms with Gasteiger partial charge in [-0.1, -0.05) is 30.7 Å². The molecule has 2 rings (SSSR count). The molecule has 0 bridgehead atoms. The molecule has 0 saturated heterocycles. The third-order valence-corrected chi connectivity index (χ3v) is 4.55. The van der Waals surface area contributed by atoms with Crippen LogP contribution in [-0.2, 0) is 18.9 Å². The summed E-state index contributed by atoms with van der Waals surface area (Å²) in [5.41, 5.74) is 2.96. The summed E-state index contributed by atoms with van der Waals surface area (Å²) >= 11 is 2.18. The van der Waals surface area contributed by atoms with Gasteiger partial charge in [0.25, 0.3) is 0 Å². The summed E-state index contributed by atoms with van der Waals surface area (Å²) < 4.78 is 1.51. The van der Waals surface area contributed by atoms with Gasteiger partial charge in [-0.3, -0.25) is 0 Å². The zero-order chi connectivity index (χ0) is 12.7. The summed E-state index contributed by atoms with van der Waals surface area (Å²) in [5, 5.41) is 0. The molecule has 0 heterocycles. The van der Waals surface area contributed by atoms with E-state index in [0.717, 1.165) is 5.92 Å². The van der Waals surface area contributed by atoms with Crippen molar-refractivity contribution < 1.29 is 18.9 Å². The van der Waals surface area contributed by atoms with Gasteiger partial charge < -0.3 is 0 Å². The fourth-order valence-electron chi connectivity index (χ4n) is 1.87. The zero-order valence-electron chi connectivity index (χ0n) is 11.1. The zero-order valence-corrected chi connectivity index (χ0v) is 13.5. The average molecular weight is 408 g/mol. The van der Waals surface area contributed by atoms with Gasteiger partial charge in [-0.25, -0.2) is 0 Å². The van der Waals surface area contributed by atoms with Crippen molar-refractivity contribution in [1.29, 1.82) is 0 Å². The number of allylic oxidation sites excluding steroid dienone is 8. The average Bonchev–Trinajstić information content (AvgIpc) is 2.62. The molecule has 0 fully saturated rings. The Bertz CT molecular complexity index is 356. The third kappa shape index (κ3) is 6.19. The number of rotatable bonds is 0. The van der Waals surface area contributed by atoms with Gasteiger partial charge >= 0.3 is 54.1 Å². The predicted octanol–water partition coefficient (Wildman–Crippen LogP) is 5.08.